The highest BCUT2D eigenvalue weighted by molar-refractivity contribution is 7.92. The molecule has 3 rings (SSSR count). The smallest absolute Gasteiger partial charge is 0.264 e. The van der Waals surface area contributed by atoms with Crippen molar-refractivity contribution < 1.29 is 22.3 Å². The van der Waals surface area contributed by atoms with Crippen LogP contribution in [-0.2, 0) is 14.8 Å². The molecule has 174 valence electrons. The van der Waals surface area contributed by atoms with E-state index in [-0.39, 0.29) is 29.6 Å². The fourth-order valence-electron chi connectivity index (χ4n) is 2.97. The average molecular weight is 491 g/mol. The van der Waals surface area contributed by atoms with Gasteiger partial charge in [-0.3, -0.25) is 9.10 Å². The summed E-state index contributed by atoms with van der Waals surface area (Å²) in [5, 5.41) is 3.04. The minimum absolute atomic E-state index is 0.0669. The fourth-order valence-corrected chi connectivity index (χ4v) is 4.55. The molecule has 0 aliphatic rings. The standard InChI is InChI=1S/C24H24ClFN2O4S/c1-17-3-11-22(12-4-17)33(30,31)28(20-8-5-18(2)23(25)15-20)16-24(29)27-13-14-32-21-9-6-19(26)7-10-21/h3-12,15H,13-14,16H2,1-2H3,(H,27,29). The summed E-state index contributed by atoms with van der Waals surface area (Å²) in [6.07, 6.45) is 0. The predicted octanol–water partition coefficient (Wildman–Crippen LogP) is 4.49. The number of carbonyl (C=O) groups is 1. The Labute approximate surface area is 198 Å². The van der Waals surface area contributed by atoms with Gasteiger partial charge in [-0.15, -0.1) is 0 Å². The maximum atomic E-state index is 13.4. The van der Waals surface area contributed by atoms with Gasteiger partial charge in [-0.05, 0) is 67.9 Å². The number of amides is 1. The number of hydrogen-bond donors (Lipinski definition) is 1. The molecule has 0 fully saturated rings. The van der Waals surface area contributed by atoms with E-state index < -0.39 is 22.5 Å². The largest absolute Gasteiger partial charge is 0.492 e. The van der Waals surface area contributed by atoms with Crippen LogP contribution in [0.15, 0.2) is 71.6 Å². The van der Waals surface area contributed by atoms with Crippen LogP contribution in [0, 0.1) is 19.7 Å². The molecule has 0 aliphatic carbocycles. The number of ether oxygens (including phenoxy) is 1. The van der Waals surface area contributed by atoms with Crippen molar-refractivity contribution in [3.63, 3.8) is 0 Å². The molecule has 9 heteroatoms. The zero-order chi connectivity index (χ0) is 24.0. The Hall–Kier alpha value is -3.10. The number of rotatable bonds is 9. The zero-order valence-corrected chi connectivity index (χ0v) is 19.8. The molecule has 0 aromatic heterocycles. The van der Waals surface area contributed by atoms with E-state index in [9.17, 15) is 17.6 Å². The van der Waals surface area contributed by atoms with Crippen LogP contribution in [0.2, 0.25) is 5.02 Å². The highest BCUT2D eigenvalue weighted by Gasteiger charge is 2.27. The number of halogens is 2. The molecular weight excluding hydrogens is 467 g/mol. The van der Waals surface area contributed by atoms with Crippen LogP contribution in [0.1, 0.15) is 11.1 Å². The first-order valence-corrected chi connectivity index (χ1v) is 12.0. The zero-order valence-electron chi connectivity index (χ0n) is 18.2. The summed E-state index contributed by atoms with van der Waals surface area (Å²) >= 11 is 6.22. The van der Waals surface area contributed by atoms with E-state index in [1.165, 1.54) is 42.5 Å². The van der Waals surface area contributed by atoms with Crippen molar-refractivity contribution in [1.82, 2.24) is 5.32 Å². The second-order valence-corrected chi connectivity index (χ2v) is 9.68. The van der Waals surface area contributed by atoms with Crippen LogP contribution < -0.4 is 14.4 Å². The molecular formula is C24H24ClFN2O4S. The molecule has 3 aromatic carbocycles. The molecule has 0 saturated heterocycles. The van der Waals surface area contributed by atoms with Gasteiger partial charge in [0, 0.05) is 5.02 Å². The van der Waals surface area contributed by atoms with Crippen molar-refractivity contribution >= 4 is 33.2 Å². The van der Waals surface area contributed by atoms with E-state index in [4.69, 9.17) is 16.3 Å². The van der Waals surface area contributed by atoms with Crippen molar-refractivity contribution in [2.45, 2.75) is 18.7 Å². The van der Waals surface area contributed by atoms with Gasteiger partial charge in [0.25, 0.3) is 10.0 Å². The Kier molecular flexibility index (Phi) is 7.94. The van der Waals surface area contributed by atoms with Gasteiger partial charge >= 0.3 is 0 Å². The lowest BCUT2D eigenvalue weighted by Gasteiger charge is -2.24. The van der Waals surface area contributed by atoms with Gasteiger partial charge in [-0.25, -0.2) is 12.8 Å². The number of sulfonamides is 1. The summed E-state index contributed by atoms with van der Waals surface area (Å²) in [4.78, 5) is 12.7. The number of hydrogen-bond acceptors (Lipinski definition) is 4. The van der Waals surface area contributed by atoms with E-state index in [0.717, 1.165) is 15.4 Å². The SMILES string of the molecule is Cc1ccc(S(=O)(=O)N(CC(=O)NCCOc2ccc(F)cc2)c2ccc(C)c(Cl)c2)cc1. The maximum absolute atomic E-state index is 13.4. The van der Waals surface area contributed by atoms with Crippen molar-refractivity contribution in [3.8, 4) is 5.75 Å². The van der Waals surface area contributed by atoms with E-state index in [1.807, 2.05) is 6.92 Å². The number of carbonyl (C=O) groups excluding carboxylic acids is 1. The second-order valence-electron chi connectivity index (χ2n) is 7.41. The molecule has 0 unspecified atom stereocenters. The Bertz CT molecular complexity index is 1220. The van der Waals surface area contributed by atoms with E-state index >= 15 is 0 Å². The molecule has 0 spiro atoms. The van der Waals surface area contributed by atoms with Gasteiger partial charge in [-0.2, -0.15) is 0 Å². The minimum atomic E-state index is -4.03. The van der Waals surface area contributed by atoms with Crippen LogP contribution in [0.3, 0.4) is 0 Å². The number of nitrogens with one attached hydrogen (secondary N) is 1. The monoisotopic (exact) mass is 490 g/mol. The second kappa shape index (κ2) is 10.7. The van der Waals surface area contributed by atoms with Crippen molar-refractivity contribution in [2.75, 3.05) is 24.0 Å². The summed E-state index contributed by atoms with van der Waals surface area (Å²) in [6.45, 7) is 3.50. The van der Waals surface area contributed by atoms with Crippen molar-refractivity contribution in [3.05, 3.63) is 88.7 Å². The molecule has 0 heterocycles. The van der Waals surface area contributed by atoms with Gasteiger partial charge in [0.15, 0.2) is 0 Å². The Balaban J connectivity index is 1.73. The van der Waals surface area contributed by atoms with Crippen LogP contribution in [0.4, 0.5) is 10.1 Å². The van der Waals surface area contributed by atoms with Crippen LogP contribution in [0.25, 0.3) is 0 Å². The van der Waals surface area contributed by atoms with Gasteiger partial charge < -0.3 is 10.1 Å². The maximum Gasteiger partial charge on any atom is 0.264 e. The highest BCUT2D eigenvalue weighted by Crippen LogP contribution is 2.28. The lowest BCUT2D eigenvalue weighted by Crippen LogP contribution is -2.42. The summed E-state index contributed by atoms with van der Waals surface area (Å²) < 4.78 is 46.2. The van der Waals surface area contributed by atoms with E-state index in [1.54, 1.807) is 31.2 Å². The molecule has 1 amide bonds. The number of nitrogens with zero attached hydrogens (tertiary/aromatic N) is 1. The van der Waals surface area contributed by atoms with Crippen molar-refractivity contribution in [1.29, 1.82) is 0 Å². The fraction of sp³-hybridized carbons (Fsp3) is 0.208. The van der Waals surface area contributed by atoms with Crippen LogP contribution in [0.5, 0.6) is 5.75 Å². The van der Waals surface area contributed by atoms with E-state index in [0.29, 0.717) is 10.8 Å². The lowest BCUT2D eigenvalue weighted by atomic mass is 10.2. The quantitative estimate of drug-likeness (QED) is 0.448. The Morgan fingerprint density at radius 3 is 2.33 bits per heavy atom. The van der Waals surface area contributed by atoms with Gasteiger partial charge in [0.1, 0.15) is 24.7 Å². The average Bonchev–Trinajstić information content (AvgIpc) is 2.78. The topological polar surface area (TPSA) is 75.7 Å². The number of anilines is 1. The number of benzene rings is 3. The minimum Gasteiger partial charge on any atom is -0.492 e. The summed E-state index contributed by atoms with van der Waals surface area (Å²) in [5.74, 6) is -0.421. The summed E-state index contributed by atoms with van der Waals surface area (Å²) in [6, 6.07) is 16.7. The van der Waals surface area contributed by atoms with Gasteiger partial charge in [0.05, 0.1) is 17.1 Å². The van der Waals surface area contributed by atoms with Crippen LogP contribution >= 0.6 is 11.6 Å². The first-order chi connectivity index (χ1) is 15.7. The summed E-state index contributed by atoms with van der Waals surface area (Å²) in [7, 11) is -4.03. The van der Waals surface area contributed by atoms with E-state index in [2.05, 4.69) is 5.32 Å². The highest BCUT2D eigenvalue weighted by atomic mass is 35.5. The Morgan fingerprint density at radius 2 is 1.70 bits per heavy atom. The first kappa shape index (κ1) is 24.5. The van der Waals surface area contributed by atoms with Crippen LogP contribution in [-0.4, -0.2) is 34.0 Å². The molecule has 33 heavy (non-hydrogen) atoms. The normalized spacial score (nSPS) is 11.2. The summed E-state index contributed by atoms with van der Waals surface area (Å²) in [5.41, 5.74) is 1.98. The molecule has 0 radical (unpaired) electrons. The molecule has 3 aromatic rings. The molecule has 0 saturated carbocycles. The lowest BCUT2D eigenvalue weighted by molar-refractivity contribution is -0.119. The van der Waals surface area contributed by atoms with Gasteiger partial charge in [-0.1, -0.05) is 35.4 Å². The predicted molar refractivity (Wildman–Crippen MR) is 127 cm³/mol. The molecule has 0 aliphatic heterocycles. The number of aryl methyl sites for hydroxylation is 2. The molecule has 1 N–H and O–H groups in total. The third kappa shape index (κ3) is 6.46. The molecule has 6 nitrogen and oxygen atoms in total. The third-order valence-electron chi connectivity index (χ3n) is 4.85. The van der Waals surface area contributed by atoms with Crippen molar-refractivity contribution in [2.24, 2.45) is 0 Å². The molecule has 0 atom stereocenters. The third-order valence-corrected chi connectivity index (χ3v) is 7.04. The molecule has 0 bridgehead atoms. The first-order valence-electron chi connectivity index (χ1n) is 10.2. The van der Waals surface area contributed by atoms with Gasteiger partial charge in [0.2, 0.25) is 5.91 Å². The Morgan fingerprint density at radius 1 is 1.03 bits per heavy atom.